The quantitative estimate of drug-likeness (QED) is 0.740. The van der Waals surface area contributed by atoms with E-state index in [-0.39, 0.29) is 5.41 Å². The Morgan fingerprint density at radius 3 is 2.20 bits per heavy atom. The molecule has 1 unspecified atom stereocenters. The average Bonchev–Trinajstić information content (AvgIpc) is 2.13. The van der Waals surface area contributed by atoms with Gasteiger partial charge in [-0.05, 0) is 23.7 Å². The van der Waals surface area contributed by atoms with Crippen LogP contribution in [-0.2, 0) is 4.79 Å². The maximum absolute atomic E-state index is 11.2. The highest BCUT2D eigenvalue weighted by Gasteiger charge is 2.32. The first-order valence-electron chi connectivity index (χ1n) is 4.82. The van der Waals surface area contributed by atoms with E-state index in [4.69, 9.17) is 16.3 Å². The number of benzene rings is 1. The molecule has 0 aliphatic carbocycles. The lowest BCUT2D eigenvalue weighted by atomic mass is 9.90. The number of para-hydroxylation sites is 1. The molecule has 1 aromatic carbocycles. The summed E-state index contributed by atoms with van der Waals surface area (Å²) in [6.45, 7) is 5.75. The Balaban J connectivity index is 2.82. The van der Waals surface area contributed by atoms with Gasteiger partial charge in [0.15, 0.2) is 6.10 Å². The largest absolute Gasteiger partial charge is 0.481 e. The first-order valence-corrected chi connectivity index (χ1v) is 5.20. The van der Waals surface area contributed by atoms with Crippen molar-refractivity contribution in [1.29, 1.82) is 0 Å². The van der Waals surface area contributed by atoms with Crippen LogP contribution in [0, 0.1) is 5.41 Å². The van der Waals surface area contributed by atoms with Gasteiger partial charge in [-0.25, -0.2) is 0 Å². The molecular formula is C12H15ClO2. The van der Waals surface area contributed by atoms with Gasteiger partial charge in [0.2, 0.25) is 0 Å². The summed E-state index contributed by atoms with van der Waals surface area (Å²) < 4.78 is 5.56. The van der Waals surface area contributed by atoms with Crippen molar-refractivity contribution < 1.29 is 9.53 Å². The summed E-state index contributed by atoms with van der Waals surface area (Å²) in [5, 5.41) is -0.466. The van der Waals surface area contributed by atoms with Crippen LogP contribution in [0.1, 0.15) is 20.8 Å². The van der Waals surface area contributed by atoms with Gasteiger partial charge < -0.3 is 4.74 Å². The Morgan fingerprint density at radius 2 is 1.80 bits per heavy atom. The fourth-order valence-electron chi connectivity index (χ4n) is 1.20. The lowest BCUT2D eigenvalue weighted by Gasteiger charge is -2.27. The zero-order chi connectivity index (χ0) is 11.5. The van der Waals surface area contributed by atoms with Gasteiger partial charge >= 0.3 is 0 Å². The summed E-state index contributed by atoms with van der Waals surface area (Å²) in [7, 11) is 0. The van der Waals surface area contributed by atoms with Crippen LogP contribution in [0.2, 0.25) is 0 Å². The number of ether oxygens (including phenoxy) is 1. The number of carbonyl (C=O) groups is 1. The molecule has 0 bridgehead atoms. The molecule has 3 heteroatoms. The standard InChI is InChI=1S/C12H15ClO2/c1-12(2,3)10(11(13)14)15-9-7-5-4-6-8-9/h4-8,10H,1-3H3. The third-order valence-electron chi connectivity index (χ3n) is 1.99. The van der Waals surface area contributed by atoms with Gasteiger partial charge in [-0.1, -0.05) is 39.0 Å². The van der Waals surface area contributed by atoms with E-state index in [0.29, 0.717) is 5.75 Å². The lowest BCUT2D eigenvalue weighted by Crippen LogP contribution is -2.37. The van der Waals surface area contributed by atoms with Crippen molar-refractivity contribution in [3.8, 4) is 5.75 Å². The van der Waals surface area contributed by atoms with Crippen LogP contribution < -0.4 is 4.74 Å². The number of halogens is 1. The summed E-state index contributed by atoms with van der Waals surface area (Å²) >= 11 is 5.51. The lowest BCUT2D eigenvalue weighted by molar-refractivity contribution is -0.122. The average molecular weight is 227 g/mol. The van der Waals surface area contributed by atoms with E-state index in [2.05, 4.69) is 0 Å². The second-order valence-corrected chi connectivity index (χ2v) is 4.85. The van der Waals surface area contributed by atoms with Crippen LogP contribution in [-0.4, -0.2) is 11.3 Å². The van der Waals surface area contributed by atoms with Crippen molar-refractivity contribution in [3.05, 3.63) is 30.3 Å². The van der Waals surface area contributed by atoms with E-state index in [9.17, 15) is 4.79 Å². The van der Waals surface area contributed by atoms with Crippen molar-refractivity contribution in [2.75, 3.05) is 0 Å². The second kappa shape index (κ2) is 4.67. The second-order valence-electron chi connectivity index (χ2n) is 4.48. The molecule has 0 aliphatic rings. The minimum absolute atomic E-state index is 0.311. The van der Waals surface area contributed by atoms with E-state index in [0.717, 1.165) is 0 Å². The maximum Gasteiger partial charge on any atom is 0.262 e. The Bertz CT molecular complexity index is 327. The van der Waals surface area contributed by atoms with Gasteiger partial charge in [-0.15, -0.1) is 0 Å². The van der Waals surface area contributed by atoms with E-state index < -0.39 is 11.3 Å². The molecule has 0 radical (unpaired) electrons. The SMILES string of the molecule is CC(C)(C)C(Oc1ccccc1)C(=O)Cl. The highest BCUT2D eigenvalue weighted by Crippen LogP contribution is 2.26. The van der Waals surface area contributed by atoms with Gasteiger partial charge in [0, 0.05) is 5.41 Å². The molecule has 0 spiro atoms. The molecule has 0 N–H and O–H groups in total. The van der Waals surface area contributed by atoms with Gasteiger partial charge in [0.1, 0.15) is 5.75 Å². The maximum atomic E-state index is 11.2. The molecule has 0 heterocycles. The number of hydrogen-bond donors (Lipinski definition) is 0. The summed E-state index contributed by atoms with van der Waals surface area (Å²) in [6.07, 6.45) is -0.624. The van der Waals surface area contributed by atoms with Gasteiger partial charge in [-0.3, -0.25) is 4.79 Å². The van der Waals surface area contributed by atoms with Crippen molar-refractivity contribution in [2.24, 2.45) is 5.41 Å². The Labute approximate surface area is 95.2 Å². The molecule has 1 atom stereocenters. The topological polar surface area (TPSA) is 26.3 Å². The van der Waals surface area contributed by atoms with Gasteiger partial charge in [0.05, 0.1) is 0 Å². The fourth-order valence-corrected chi connectivity index (χ4v) is 1.57. The fraction of sp³-hybridized carbons (Fsp3) is 0.417. The summed E-state index contributed by atoms with van der Waals surface area (Å²) in [4.78, 5) is 11.2. The van der Waals surface area contributed by atoms with Gasteiger partial charge in [-0.2, -0.15) is 0 Å². The third-order valence-corrected chi connectivity index (χ3v) is 2.19. The monoisotopic (exact) mass is 226 g/mol. The molecule has 15 heavy (non-hydrogen) atoms. The molecule has 0 fully saturated rings. The molecule has 1 rings (SSSR count). The molecule has 0 aliphatic heterocycles. The minimum Gasteiger partial charge on any atom is -0.481 e. The van der Waals surface area contributed by atoms with E-state index in [1.807, 2.05) is 39.0 Å². The van der Waals surface area contributed by atoms with Crippen LogP contribution in [0.4, 0.5) is 0 Å². The molecule has 0 saturated carbocycles. The highest BCUT2D eigenvalue weighted by atomic mass is 35.5. The summed E-state index contributed by atoms with van der Waals surface area (Å²) in [5.41, 5.74) is -0.311. The zero-order valence-electron chi connectivity index (χ0n) is 9.16. The predicted molar refractivity (Wildman–Crippen MR) is 61.2 cm³/mol. The first-order chi connectivity index (χ1) is 6.91. The third kappa shape index (κ3) is 3.56. The summed E-state index contributed by atoms with van der Waals surface area (Å²) in [6, 6.07) is 9.21. The molecule has 1 aromatic rings. The summed E-state index contributed by atoms with van der Waals surface area (Å²) in [5.74, 6) is 0.659. The molecule has 0 saturated heterocycles. The normalized spacial score (nSPS) is 13.3. The van der Waals surface area contributed by atoms with Crippen molar-refractivity contribution in [2.45, 2.75) is 26.9 Å². The van der Waals surface area contributed by atoms with Crippen LogP contribution in [0.25, 0.3) is 0 Å². The van der Waals surface area contributed by atoms with Crippen LogP contribution in [0.3, 0.4) is 0 Å². The van der Waals surface area contributed by atoms with Crippen molar-refractivity contribution in [3.63, 3.8) is 0 Å². The van der Waals surface area contributed by atoms with E-state index >= 15 is 0 Å². The Kier molecular flexibility index (Phi) is 3.75. The van der Waals surface area contributed by atoms with Gasteiger partial charge in [0.25, 0.3) is 5.24 Å². The number of rotatable bonds is 3. The highest BCUT2D eigenvalue weighted by molar-refractivity contribution is 6.64. The first kappa shape index (κ1) is 12.1. The van der Waals surface area contributed by atoms with Crippen LogP contribution in [0.15, 0.2) is 30.3 Å². The van der Waals surface area contributed by atoms with Crippen LogP contribution >= 0.6 is 11.6 Å². The molecular weight excluding hydrogens is 212 g/mol. The molecule has 2 nitrogen and oxygen atoms in total. The van der Waals surface area contributed by atoms with E-state index in [1.54, 1.807) is 12.1 Å². The van der Waals surface area contributed by atoms with Crippen molar-refractivity contribution in [1.82, 2.24) is 0 Å². The molecule has 82 valence electrons. The predicted octanol–water partition coefficient (Wildman–Crippen LogP) is 3.25. The number of hydrogen-bond acceptors (Lipinski definition) is 2. The Morgan fingerprint density at radius 1 is 1.27 bits per heavy atom. The minimum atomic E-state index is -0.624. The van der Waals surface area contributed by atoms with Crippen LogP contribution in [0.5, 0.6) is 5.75 Å². The zero-order valence-corrected chi connectivity index (χ0v) is 9.91. The van der Waals surface area contributed by atoms with E-state index in [1.165, 1.54) is 0 Å². The van der Waals surface area contributed by atoms with Crippen molar-refractivity contribution >= 4 is 16.8 Å². The number of carbonyl (C=O) groups excluding carboxylic acids is 1. The Hall–Kier alpha value is -1.02. The molecule has 0 aromatic heterocycles. The molecule has 0 amide bonds. The smallest absolute Gasteiger partial charge is 0.262 e.